The van der Waals surface area contributed by atoms with Gasteiger partial charge in [-0.25, -0.2) is 0 Å². The first-order valence-corrected chi connectivity index (χ1v) is 5.39. The van der Waals surface area contributed by atoms with E-state index in [-0.39, 0.29) is 17.9 Å². The van der Waals surface area contributed by atoms with Gasteiger partial charge in [0.05, 0.1) is 12.5 Å². The van der Waals surface area contributed by atoms with Crippen LogP contribution in [0.15, 0.2) is 12.7 Å². The standard InChI is InChI=1S/C11H18N2O2/c1-3-5-6-12-9-8-10(14)13(7-4-2)11(9)15/h3,9,12H,1,4-8H2,2H3. The molecule has 4 heteroatoms. The first kappa shape index (κ1) is 11.9. The van der Waals surface area contributed by atoms with E-state index in [1.54, 1.807) is 6.08 Å². The van der Waals surface area contributed by atoms with Crippen molar-refractivity contribution in [3.63, 3.8) is 0 Å². The van der Waals surface area contributed by atoms with Gasteiger partial charge in [0.25, 0.3) is 0 Å². The van der Waals surface area contributed by atoms with Crippen LogP contribution in [0.1, 0.15) is 26.2 Å². The maximum Gasteiger partial charge on any atom is 0.246 e. The number of nitrogens with zero attached hydrogens (tertiary/aromatic N) is 1. The molecule has 1 N–H and O–H groups in total. The Morgan fingerprint density at radius 1 is 1.60 bits per heavy atom. The quantitative estimate of drug-likeness (QED) is 0.398. The van der Waals surface area contributed by atoms with Gasteiger partial charge < -0.3 is 5.32 Å². The Balaban J connectivity index is 2.45. The number of likely N-dealkylation sites (tertiary alicyclic amines) is 1. The van der Waals surface area contributed by atoms with Crippen molar-refractivity contribution in [1.82, 2.24) is 10.2 Å². The molecule has 0 aromatic carbocycles. The largest absolute Gasteiger partial charge is 0.305 e. The molecule has 0 aliphatic carbocycles. The van der Waals surface area contributed by atoms with Crippen molar-refractivity contribution in [2.75, 3.05) is 13.1 Å². The highest BCUT2D eigenvalue weighted by molar-refractivity contribution is 6.05. The van der Waals surface area contributed by atoms with Crippen molar-refractivity contribution < 1.29 is 9.59 Å². The molecule has 84 valence electrons. The van der Waals surface area contributed by atoms with Crippen molar-refractivity contribution in [2.24, 2.45) is 0 Å². The summed E-state index contributed by atoms with van der Waals surface area (Å²) in [4.78, 5) is 24.5. The zero-order valence-corrected chi connectivity index (χ0v) is 9.16. The van der Waals surface area contributed by atoms with Gasteiger partial charge in [0, 0.05) is 6.54 Å². The van der Waals surface area contributed by atoms with Crippen LogP contribution in [-0.4, -0.2) is 35.8 Å². The third-order valence-electron chi connectivity index (χ3n) is 2.43. The third-order valence-corrected chi connectivity index (χ3v) is 2.43. The normalized spacial score (nSPS) is 21.1. The van der Waals surface area contributed by atoms with Crippen molar-refractivity contribution in [2.45, 2.75) is 32.2 Å². The molecule has 1 rings (SSSR count). The van der Waals surface area contributed by atoms with Crippen molar-refractivity contribution in [1.29, 1.82) is 0 Å². The van der Waals surface area contributed by atoms with Crippen molar-refractivity contribution >= 4 is 11.8 Å². The summed E-state index contributed by atoms with van der Waals surface area (Å²) in [6.07, 6.45) is 3.72. The topological polar surface area (TPSA) is 49.4 Å². The summed E-state index contributed by atoms with van der Waals surface area (Å²) in [7, 11) is 0. The van der Waals surface area contributed by atoms with Gasteiger partial charge in [0.15, 0.2) is 0 Å². The van der Waals surface area contributed by atoms with Crippen LogP contribution in [0, 0.1) is 0 Å². The van der Waals surface area contributed by atoms with E-state index >= 15 is 0 Å². The van der Waals surface area contributed by atoms with E-state index in [0.717, 1.165) is 12.8 Å². The van der Waals surface area contributed by atoms with E-state index in [4.69, 9.17) is 0 Å². The fourth-order valence-electron chi connectivity index (χ4n) is 1.66. The average molecular weight is 210 g/mol. The van der Waals surface area contributed by atoms with Crippen LogP contribution in [0.2, 0.25) is 0 Å². The lowest BCUT2D eigenvalue weighted by Gasteiger charge is -2.13. The fourth-order valence-corrected chi connectivity index (χ4v) is 1.66. The van der Waals surface area contributed by atoms with E-state index in [0.29, 0.717) is 19.5 Å². The average Bonchev–Trinajstić information content (AvgIpc) is 2.47. The lowest BCUT2D eigenvalue weighted by atomic mass is 10.2. The predicted octanol–water partition coefficient (Wildman–Crippen LogP) is 0.690. The van der Waals surface area contributed by atoms with Crippen molar-refractivity contribution in [3.8, 4) is 0 Å². The van der Waals surface area contributed by atoms with E-state index in [2.05, 4.69) is 11.9 Å². The molecule has 1 aliphatic rings. The third kappa shape index (κ3) is 2.89. The number of hydrogen-bond donors (Lipinski definition) is 1. The van der Waals surface area contributed by atoms with Crippen LogP contribution in [0.3, 0.4) is 0 Å². The number of amides is 2. The Bertz CT molecular complexity index is 263. The van der Waals surface area contributed by atoms with Gasteiger partial charge in [0.1, 0.15) is 0 Å². The summed E-state index contributed by atoms with van der Waals surface area (Å²) in [5.74, 6) is -0.135. The summed E-state index contributed by atoms with van der Waals surface area (Å²) in [6.45, 7) is 6.80. The maximum atomic E-state index is 11.7. The molecule has 0 radical (unpaired) electrons. The molecule has 1 unspecified atom stereocenters. The molecule has 0 saturated carbocycles. The van der Waals surface area contributed by atoms with Crippen LogP contribution in [0.5, 0.6) is 0 Å². The molecule has 4 nitrogen and oxygen atoms in total. The minimum absolute atomic E-state index is 0.0575. The molecule has 0 aromatic rings. The summed E-state index contributed by atoms with van der Waals surface area (Å²) < 4.78 is 0. The molecule has 0 spiro atoms. The summed E-state index contributed by atoms with van der Waals surface area (Å²) in [6, 6.07) is -0.316. The molecule has 1 saturated heterocycles. The van der Waals surface area contributed by atoms with Crippen LogP contribution in [-0.2, 0) is 9.59 Å². The van der Waals surface area contributed by atoms with Gasteiger partial charge in [-0.3, -0.25) is 14.5 Å². The van der Waals surface area contributed by atoms with E-state index in [1.807, 2.05) is 6.92 Å². The molecule has 15 heavy (non-hydrogen) atoms. The first-order chi connectivity index (χ1) is 7.20. The molecule has 1 atom stereocenters. The molecular weight excluding hydrogens is 192 g/mol. The maximum absolute atomic E-state index is 11.7. The second-order valence-corrected chi connectivity index (χ2v) is 3.67. The van der Waals surface area contributed by atoms with Gasteiger partial charge >= 0.3 is 0 Å². The molecular formula is C11H18N2O2. The minimum Gasteiger partial charge on any atom is -0.305 e. The van der Waals surface area contributed by atoms with Gasteiger partial charge in [-0.15, -0.1) is 6.58 Å². The highest BCUT2D eigenvalue weighted by Crippen LogP contribution is 2.13. The Hall–Kier alpha value is -1.16. The first-order valence-electron chi connectivity index (χ1n) is 5.39. The number of nitrogens with one attached hydrogen (secondary N) is 1. The van der Waals surface area contributed by atoms with Crippen LogP contribution in [0.4, 0.5) is 0 Å². The zero-order valence-electron chi connectivity index (χ0n) is 9.16. The minimum atomic E-state index is -0.316. The molecule has 1 heterocycles. The summed E-state index contributed by atoms with van der Waals surface area (Å²) in [5.41, 5.74) is 0. The van der Waals surface area contributed by atoms with Gasteiger partial charge in [-0.1, -0.05) is 13.0 Å². The van der Waals surface area contributed by atoms with Gasteiger partial charge in [-0.05, 0) is 19.4 Å². The van der Waals surface area contributed by atoms with E-state index < -0.39 is 0 Å². The molecule has 1 aliphatic heterocycles. The van der Waals surface area contributed by atoms with Crippen LogP contribution >= 0.6 is 0 Å². The number of imide groups is 1. The van der Waals surface area contributed by atoms with E-state index in [9.17, 15) is 9.59 Å². The Kier molecular flexibility index (Phi) is 4.49. The Morgan fingerprint density at radius 2 is 2.33 bits per heavy atom. The molecule has 0 aromatic heterocycles. The second kappa shape index (κ2) is 5.66. The lowest BCUT2D eigenvalue weighted by Crippen LogP contribution is -2.39. The number of carbonyl (C=O) groups is 2. The highest BCUT2D eigenvalue weighted by atomic mass is 16.2. The van der Waals surface area contributed by atoms with Crippen LogP contribution < -0.4 is 5.32 Å². The smallest absolute Gasteiger partial charge is 0.246 e. The molecule has 1 fully saturated rings. The molecule has 2 amide bonds. The predicted molar refractivity (Wildman–Crippen MR) is 58.2 cm³/mol. The second-order valence-electron chi connectivity index (χ2n) is 3.67. The zero-order chi connectivity index (χ0) is 11.3. The summed E-state index contributed by atoms with van der Waals surface area (Å²) >= 11 is 0. The monoisotopic (exact) mass is 210 g/mol. The SMILES string of the molecule is C=CCCNC1CC(=O)N(CCC)C1=O. The molecule has 0 bridgehead atoms. The Labute approximate surface area is 90.3 Å². The number of hydrogen-bond acceptors (Lipinski definition) is 3. The van der Waals surface area contributed by atoms with Gasteiger partial charge in [-0.2, -0.15) is 0 Å². The van der Waals surface area contributed by atoms with E-state index in [1.165, 1.54) is 4.90 Å². The highest BCUT2D eigenvalue weighted by Gasteiger charge is 2.37. The Morgan fingerprint density at radius 3 is 2.93 bits per heavy atom. The lowest BCUT2D eigenvalue weighted by molar-refractivity contribution is -0.138. The van der Waals surface area contributed by atoms with Gasteiger partial charge in [0.2, 0.25) is 11.8 Å². The van der Waals surface area contributed by atoms with Crippen molar-refractivity contribution in [3.05, 3.63) is 12.7 Å². The number of carbonyl (C=O) groups excluding carboxylic acids is 2. The van der Waals surface area contributed by atoms with Crippen LogP contribution in [0.25, 0.3) is 0 Å². The summed E-state index contributed by atoms with van der Waals surface area (Å²) in [5, 5.41) is 3.07. The fraction of sp³-hybridized carbons (Fsp3) is 0.636. The number of rotatable bonds is 6.